The molecule has 1 unspecified atom stereocenters. The maximum absolute atomic E-state index is 8.79. The molecule has 0 aliphatic rings. The highest BCUT2D eigenvalue weighted by atomic mass is 16.3. The van der Waals surface area contributed by atoms with Gasteiger partial charge in [0, 0.05) is 6.20 Å². The molecule has 0 aromatic carbocycles. The highest BCUT2D eigenvalue weighted by Crippen LogP contribution is 2.00. The standard InChI is InChI=1S/C6H10N2O/c1-5(9)8-6-3-2-4-7-6/h2-5,7-9H,1H3. The third-order valence-electron chi connectivity index (χ3n) is 0.962. The molecule has 50 valence electrons. The third-order valence-corrected chi connectivity index (χ3v) is 0.962. The van der Waals surface area contributed by atoms with E-state index in [0.29, 0.717) is 0 Å². The van der Waals surface area contributed by atoms with Crippen molar-refractivity contribution >= 4 is 5.82 Å². The zero-order chi connectivity index (χ0) is 6.69. The zero-order valence-electron chi connectivity index (χ0n) is 5.26. The van der Waals surface area contributed by atoms with Crippen molar-refractivity contribution in [2.75, 3.05) is 5.32 Å². The average molecular weight is 126 g/mol. The number of rotatable bonds is 2. The molecule has 0 fully saturated rings. The highest BCUT2D eigenvalue weighted by molar-refractivity contribution is 5.34. The van der Waals surface area contributed by atoms with Crippen LogP contribution in [0.25, 0.3) is 0 Å². The summed E-state index contributed by atoms with van der Waals surface area (Å²) in [6.45, 7) is 1.67. The van der Waals surface area contributed by atoms with Gasteiger partial charge in [0.2, 0.25) is 0 Å². The van der Waals surface area contributed by atoms with E-state index in [2.05, 4.69) is 10.3 Å². The van der Waals surface area contributed by atoms with Crippen molar-refractivity contribution in [1.29, 1.82) is 0 Å². The second-order valence-corrected chi connectivity index (χ2v) is 1.90. The normalized spacial score (nSPS) is 13.1. The number of aliphatic hydroxyl groups excluding tert-OH is 1. The van der Waals surface area contributed by atoms with Crippen molar-refractivity contribution < 1.29 is 5.11 Å². The number of aromatic amines is 1. The molecule has 3 N–H and O–H groups in total. The van der Waals surface area contributed by atoms with Crippen LogP contribution in [0.4, 0.5) is 5.82 Å². The number of aliphatic hydroxyl groups is 1. The molecule has 1 heterocycles. The number of hydrogen-bond donors (Lipinski definition) is 3. The smallest absolute Gasteiger partial charge is 0.122 e. The van der Waals surface area contributed by atoms with Crippen LogP contribution in [-0.2, 0) is 0 Å². The molecule has 1 rings (SSSR count). The second-order valence-electron chi connectivity index (χ2n) is 1.90. The van der Waals surface area contributed by atoms with Gasteiger partial charge in [-0.2, -0.15) is 0 Å². The van der Waals surface area contributed by atoms with Gasteiger partial charge in [-0.25, -0.2) is 0 Å². The number of anilines is 1. The Morgan fingerprint density at radius 1 is 1.78 bits per heavy atom. The van der Waals surface area contributed by atoms with Gasteiger partial charge in [-0.05, 0) is 19.1 Å². The van der Waals surface area contributed by atoms with E-state index in [-0.39, 0.29) is 0 Å². The van der Waals surface area contributed by atoms with E-state index < -0.39 is 6.23 Å². The van der Waals surface area contributed by atoms with Crippen LogP contribution in [0.3, 0.4) is 0 Å². The van der Waals surface area contributed by atoms with Crippen LogP contribution in [0.15, 0.2) is 18.3 Å². The van der Waals surface area contributed by atoms with E-state index in [0.717, 1.165) is 5.82 Å². The fourth-order valence-electron chi connectivity index (χ4n) is 0.645. The van der Waals surface area contributed by atoms with Gasteiger partial charge in [-0.1, -0.05) is 0 Å². The van der Waals surface area contributed by atoms with Crippen molar-refractivity contribution in [2.45, 2.75) is 13.2 Å². The second kappa shape index (κ2) is 2.55. The van der Waals surface area contributed by atoms with Crippen LogP contribution >= 0.6 is 0 Å². The van der Waals surface area contributed by atoms with E-state index in [9.17, 15) is 0 Å². The van der Waals surface area contributed by atoms with E-state index >= 15 is 0 Å². The number of nitrogens with one attached hydrogen (secondary N) is 2. The molecule has 1 aromatic rings. The summed E-state index contributed by atoms with van der Waals surface area (Å²) in [5.41, 5.74) is 0. The molecule has 0 saturated heterocycles. The minimum Gasteiger partial charge on any atom is -0.374 e. The van der Waals surface area contributed by atoms with Crippen molar-refractivity contribution in [1.82, 2.24) is 4.98 Å². The lowest BCUT2D eigenvalue weighted by Crippen LogP contribution is -2.13. The summed E-state index contributed by atoms with van der Waals surface area (Å²) >= 11 is 0. The van der Waals surface area contributed by atoms with Crippen molar-refractivity contribution in [3.8, 4) is 0 Å². The van der Waals surface area contributed by atoms with Gasteiger partial charge >= 0.3 is 0 Å². The topological polar surface area (TPSA) is 48.0 Å². The average Bonchev–Trinajstić information content (AvgIpc) is 2.15. The quantitative estimate of drug-likeness (QED) is 0.512. The Bertz CT molecular complexity index is 158. The van der Waals surface area contributed by atoms with Gasteiger partial charge in [0.25, 0.3) is 0 Å². The van der Waals surface area contributed by atoms with E-state index in [4.69, 9.17) is 5.11 Å². The molecule has 0 amide bonds. The van der Waals surface area contributed by atoms with Gasteiger partial charge < -0.3 is 15.4 Å². The Labute approximate surface area is 53.7 Å². The molecule has 0 spiro atoms. The summed E-state index contributed by atoms with van der Waals surface area (Å²) in [7, 11) is 0. The molecule has 3 nitrogen and oxygen atoms in total. The summed E-state index contributed by atoms with van der Waals surface area (Å²) < 4.78 is 0. The maximum atomic E-state index is 8.79. The van der Waals surface area contributed by atoms with Crippen LogP contribution in [-0.4, -0.2) is 16.3 Å². The molecule has 1 atom stereocenters. The fourth-order valence-corrected chi connectivity index (χ4v) is 0.645. The van der Waals surface area contributed by atoms with E-state index in [1.807, 2.05) is 12.1 Å². The Balaban J connectivity index is 2.48. The maximum Gasteiger partial charge on any atom is 0.122 e. The Hall–Kier alpha value is -0.960. The van der Waals surface area contributed by atoms with Crippen molar-refractivity contribution in [2.24, 2.45) is 0 Å². The molecule has 0 aliphatic heterocycles. The molecular weight excluding hydrogens is 116 g/mol. The summed E-state index contributed by atoms with van der Waals surface area (Å²) in [6.07, 6.45) is 1.30. The number of H-pyrrole nitrogens is 1. The van der Waals surface area contributed by atoms with Gasteiger partial charge in [-0.3, -0.25) is 0 Å². The SMILES string of the molecule is CC(O)Nc1ccc[nH]1. The molecule has 0 saturated carbocycles. The summed E-state index contributed by atoms with van der Waals surface area (Å²) in [5.74, 6) is 0.838. The lowest BCUT2D eigenvalue weighted by Gasteiger charge is -2.04. The summed E-state index contributed by atoms with van der Waals surface area (Å²) in [5, 5.41) is 11.6. The number of hydrogen-bond acceptors (Lipinski definition) is 2. The van der Waals surface area contributed by atoms with Crippen LogP contribution < -0.4 is 5.32 Å². The van der Waals surface area contributed by atoms with Crippen molar-refractivity contribution in [3.05, 3.63) is 18.3 Å². The van der Waals surface area contributed by atoms with Crippen LogP contribution in [0.1, 0.15) is 6.92 Å². The van der Waals surface area contributed by atoms with Gasteiger partial charge in [0.1, 0.15) is 12.0 Å². The van der Waals surface area contributed by atoms with E-state index in [1.165, 1.54) is 0 Å². The van der Waals surface area contributed by atoms with Crippen LogP contribution in [0.2, 0.25) is 0 Å². The predicted molar refractivity (Wildman–Crippen MR) is 36.1 cm³/mol. The minimum atomic E-state index is -0.497. The molecule has 3 heteroatoms. The molecule has 1 aromatic heterocycles. The lowest BCUT2D eigenvalue weighted by atomic mass is 10.5. The Morgan fingerprint density at radius 2 is 2.56 bits per heavy atom. The number of aromatic nitrogens is 1. The van der Waals surface area contributed by atoms with Crippen LogP contribution in [0.5, 0.6) is 0 Å². The van der Waals surface area contributed by atoms with E-state index in [1.54, 1.807) is 13.1 Å². The first-order chi connectivity index (χ1) is 4.29. The minimum absolute atomic E-state index is 0.497. The highest BCUT2D eigenvalue weighted by Gasteiger charge is 1.92. The fraction of sp³-hybridized carbons (Fsp3) is 0.333. The summed E-state index contributed by atoms with van der Waals surface area (Å²) in [6, 6.07) is 3.72. The van der Waals surface area contributed by atoms with Gasteiger partial charge in [0.05, 0.1) is 0 Å². The first-order valence-electron chi connectivity index (χ1n) is 2.87. The lowest BCUT2D eigenvalue weighted by molar-refractivity contribution is 0.224. The zero-order valence-corrected chi connectivity index (χ0v) is 5.26. The van der Waals surface area contributed by atoms with Crippen LogP contribution in [0, 0.1) is 0 Å². The van der Waals surface area contributed by atoms with Crippen molar-refractivity contribution in [3.63, 3.8) is 0 Å². The first-order valence-corrected chi connectivity index (χ1v) is 2.87. The monoisotopic (exact) mass is 126 g/mol. The third kappa shape index (κ3) is 1.77. The summed E-state index contributed by atoms with van der Waals surface area (Å²) in [4.78, 5) is 2.90. The molecule has 0 radical (unpaired) electrons. The molecule has 0 bridgehead atoms. The largest absolute Gasteiger partial charge is 0.374 e. The molecule has 0 aliphatic carbocycles. The van der Waals surface area contributed by atoms with Gasteiger partial charge in [-0.15, -0.1) is 0 Å². The molecule has 9 heavy (non-hydrogen) atoms. The van der Waals surface area contributed by atoms with Gasteiger partial charge in [0.15, 0.2) is 0 Å². The Kier molecular flexibility index (Phi) is 1.75. The Morgan fingerprint density at radius 3 is 3.00 bits per heavy atom. The predicted octanol–water partition coefficient (Wildman–Crippen LogP) is 0.765. The molecular formula is C6H10N2O. The first kappa shape index (κ1) is 6.16.